The Morgan fingerprint density at radius 3 is 2.71 bits per heavy atom. The number of halogens is 5. The summed E-state index contributed by atoms with van der Waals surface area (Å²) < 4.78 is 85.3. The molecule has 0 saturated carbocycles. The number of likely N-dealkylation sites (N-methyl/N-ethyl adjacent to an activating group) is 1. The van der Waals surface area contributed by atoms with E-state index in [4.69, 9.17) is 15.2 Å². The number of aromatic nitrogens is 4. The molecule has 0 unspecified atom stereocenters. The molecular weight excluding hydrogens is 689 g/mol. The number of nitrogen functional groups attached to an aromatic ring is 1. The van der Waals surface area contributed by atoms with Crippen LogP contribution in [0.1, 0.15) is 36.8 Å². The number of morpholine rings is 1. The van der Waals surface area contributed by atoms with Crippen LogP contribution < -0.4 is 15.4 Å². The van der Waals surface area contributed by atoms with Crippen molar-refractivity contribution in [2.75, 3.05) is 83.3 Å². The van der Waals surface area contributed by atoms with E-state index >= 15 is 4.39 Å². The minimum absolute atomic E-state index is 0.0463. The summed E-state index contributed by atoms with van der Waals surface area (Å²) in [7, 11) is 1.73. The molecule has 0 bridgehead atoms. The third kappa shape index (κ3) is 7.03. The first-order valence-electron chi connectivity index (χ1n) is 17.4. The summed E-state index contributed by atoms with van der Waals surface area (Å²) in [5.74, 6) is 4.19. The fourth-order valence-electron chi connectivity index (χ4n) is 7.88. The summed E-state index contributed by atoms with van der Waals surface area (Å²) in [4.78, 5) is 37.6. The molecule has 3 atom stereocenters. The van der Waals surface area contributed by atoms with E-state index in [1.165, 1.54) is 13.1 Å². The number of nitrogens with two attached hydrogens (primary N) is 1. The average Bonchev–Trinajstić information content (AvgIpc) is 3.81. The highest BCUT2D eigenvalue weighted by molar-refractivity contribution is 5.94. The normalized spacial score (nSPS) is 23.9. The van der Waals surface area contributed by atoms with Crippen LogP contribution in [-0.2, 0) is 15.7 Å². The lowest BCUT2D eigenvalue weighted by Gasteiger charge is -2.31. The molecule has 17 heteroatoms. The van der Waals surface area contributed by atoms with Gasteiger partial charge in [0, 0.05) is 58.4 Å². The number of ether oxygens (including phenoxy) is 2. The molecule has 278 valence electrons. The van der Waals surface area contributed by atoms with Crippen molar-refractivity contribution in [3.8, 4) is 29.2 Å². The maximum absolute atomic E-state index is 16.6. The third-order valence-electron chi connectivity index (χ3n) is 10.6. The van der Waals surface area contributed by atoms with Crippen LogP contribution in [0.5, 0.6) is 6.01 Å². The van der Waals surface area contributed by atoms with Crippen molar-refractivity contribution < 1.29 is 36.2 Å². The van der Waals surface area contributed by atoms with Crippen LogP contribution in [0.2, 0.25) is 0 Å². The van der Waals surface area contributed by atoms with Crippen LogP contribution in [0.3, 0.4) is 0 Å². The highest BCUT2D eigenvalue weighted by Gasteiger charge is 2.49. The minimum Gasteiger partial charge on any atom is -0.461 e. The largest absolute Gasteiger partial charge is 0.461 e. The number of anilines is 2. The van der Waals surface area contributed by atoms with E-state index < -0.39 is 40.7 Å². The molecule has 3 aromatic rings. The van der Waals surface area contributed by atoms with Gasteiger partial charge in [-0.15, -0.1) is 0 Å². The molecule has 0 aliphatic carbocycles. The second-order valence-electron chi connectivity index (χ2n) is 14.0. The molecule has 0 aromatic carbocycles. The maximum Gasteiger partial charge on any atom is 0.418 e. The standard InChI is InChI=1S/C35H40F5N9O3/c1-21-15-25(41)43-30(27(21)35(38,39)40)31-28(37)29-24(17-42-31)32(45-33(44-29)52-20-34-7-4-9-49(34)18-22(36)16-34)46(2)23-6-10-48(19-23)26(50)5-3-8-47-11-13-51-14-12-47/h15,17,22-23H,4,6-14,16,18-20H2,1-2H3,(H2,41,43)/t22-,23-,34+/m1/s1. The topological polar surface area (TPSA) is 126 Å². The first kappa shape index (κ1) is 36.0. The fourth-order valence-corrected chi connectivity index (χ4v) is 7.88. The SMILES string of the molecule is Cc1cc(N)nc(-c2ncc3c(N(C)[C@@H]4CCN(C(=O)C#CCN5CCOCC5)C4)nc(OC[C@@]45CCCN4C[C@H](F)C5)nc3c2F)c1C(F)(F)F. The monoisotopic (exact) mass is 729 g/mol. The van der Waals surface area contributed by atoms with E-state index in [9.17, 15) is 22.4 Å². The molecule has 2 N–H and O–H groups in total. The van der Waals surface area contributed by atoms with Gasteiger partial charge in [0.1, 0.15) is 41.3 Å². The molecule has 0 spiro atoms. The number of likely N-dealkylation sites (tertiary alicyclic amines) is 1. The van der Waals surface area contributed by atoms with Gasteiger partial charge in [0.15, 0.2) is 5.82 Å². The Morgan fingerprint density at radius 1 is 1.15 bits per heavy atom. The van der Waals surface area contributed by atoms with Gasteiger partial charge in [-0.2, -0.15) is 23.1 Å². The van der Waals surface area contributed by atoms with Gasteiger partial charge in [0.2, 0.25) is 0 Å². The second kappa shape index (κ2) is 14.2. The zero-order chi connectivity index (χ0) is 36.8. The summed E-state index contributed by atoms with van der Waals surface area (Å²) in [5, 5.41) is 0.116. The van der Waals surface area contributed by atoms with Gasteiger partial charge >= 0.3 is 12.2 Å². The lowest BCUT2D eigenvalue weighted by atomic mass is 9.95. The lowest BCUT2D eigenvalue weighted by molar-refractivity contribution is -0.137. The molecule has 1 amide bonds. The van der Waals surface area contributed by atoms with E-state index in [2.05, 4.69) is 41.6 Å². The van der Waals surface area contributed by atoms with Crippen LogP contribution in [0.25, 0.3) is 22.3 Å². The average molecular weight is 730 g/mol. The predicted molar refractivity (Wildman–Crippen MR) is 182 cm³/mol. The molecule has 0 radical (unpaired) electrons. The van der Waals surface area contributed by atoms with Crippen LogP contribution in [0, 0.1) is 24.6 Å². The smallest absolute Gasteiger partial charge is 0.418 e. The van der Waals surface area contributed by atoms with Gasteiger partial charge in [-0.3, -0.25) is 19.6 Å². The summed E-state index contributed by atoms with van der Waals surface area (Å²) >= 11 is 0. The number of aryl methyl sites for hydroxylation is 1. The van der Waals surface area contributed by atoms with Crippen molar-refractivity contribution in [3.63, 3.8) is 0 Å². The van der Waals surface area contributed by atoms with Gasteiger partial charge in [-0.25, -0.2) is 13.8 Å². The van der Waals surface area contributed by atoms with Crippen LogP contribution >= 0.6 is 0 Å². The van der Waals surface area contributed by atoms with E-state index in [-0.39, 0.29) is 59.1 Å². The summed E-state index contributed by atoms with van der Waals surface area (Å²) in [6, 6.07) is 0.565. The van der Waals surface area contributed by atoms with Crippen molar-refractivity contribution in [2.45, 2.75) is 56.5 Å². The molecule has 52 heavy (non-hydrogen) atoms. The Labute approximate surface area is 297 Å². The lowest BCUT2D eigenvalue weighted by Crippen LogP contribution is -2.43. The van der Waals surface area contributed by atoms with Crippen LogP contribution in [-0.4, -0.2) is 131 Å². The number of amides is 1. The van der Waals surface area contributed by atoms with E-state index in [0.29, 0.717) is 52.2 Å². The number of nitrogens with zero attached hydrogens (tertiary/aromatic N) is 8. The molecule has 4 aliphatic heterocycles. The van der Waals surface area contributed by atoms with Crippen LogP contribution in [0.15, 0.2) is 12.3 Å². The molecule has 7 rings (SSSR count). The van der Waals surface area contributed by atoms with E-state index in [1.807, 2.05) is 0 Å². The number of rotatable bonds is 7. The number of alkyl halides is 4. The molecule has 3 aromatic heterocycles. The highest BCUT2D eigenvalue weighted by atomic mass is 19.4. The maximum atomic E-state index is 16.6. The number of hydrogen-bond acceptors (Lipinski definition) is 11. The van der Waals surface area contributed by atoms with Gasteiger partial charge in [-0.1, -0.05) is 5.92 Å². The van der Waals surface area contributed by atoms with E-state index in [0.717, 1.165) is 32.1 Å². The molecule has 7 heterocycles. The molecule has 4 saturated heterocycles. The van der Waals surface area contributed by atoms with Gasteiger partial charge in [-0.05, 0) is 50.3 Å². The number of fused-ring (bicyclic) bond motifs is 2. The second-order valence-corrected chi connectivity index (χ2v) is 14.0. The quantitative estimate of drug-likeness (QED) is 0.284. The molecular formula is C35H40F5N9O3. The van der Waals surface area contributed by atoms with Gasteiger partial charge < -0.3 is 25.0 Å². The Bertz CT molecular complexity index is 1910. The number of carbonyl (C=O) groups excluding carboxylic acids is 1. The van der Waals surface area contributed by atoms with Crippen molar-refractivity contribution in [2.24, 2.45) is 0 Å². The first-order valence-corrected chi connectivity index (χ1v) is 17.4. The van der Waals surface area contributed by atoms with Crippen molar-refractivity contribution in [1.29, 1.82) is 0 Å². The summed E-state index contributed by atoms with van der Waals surface area (Å²) in [5.41, 5.74) is 2.07. The fraction of sp³-hybridized carbons (Fsp3) is 0.571. The predicted octanol–water partition coefficient (Wildman–Crippen LogP) is 3.46. The van der Waals surface area contributed by atoms with Crippen molar-refractivity contribution >= 4 is 28.4 Å². The highest BCUT2D eigenvalue weighted by Crippen LogP contribution is 2.42. The summed E-state index contributed by atoms with van der Waals surface area (Å²) in [6.45, 7) is 6.23. The number of hydrogen-bond donors (Lipinski definition) is 1. The third-order valence-corrected chi connectivity index (χ3v) is 10.6. The van der Waals surface area contributed by atoms with Crippen LogP contribution in [0.4, 0.5) is 33.6 Å². The molecule has 4 aliphatic rings. The zero-order valence-corrected chi connectivity index (χ0v) is 29.0. The van der Waals surface area contributed by atoms with Gasteiger partial charge in [0.05, 0.1) is 36.2 Å². The number of carbonyl (C=O) groups is 1. The first-order chi connectivity index (χ1) is 24.8. The van der Waals surface area contributed by atoms with Crippen molar-refractivity contribution in [1.82, 2.24) is 34.6 Å². The Balaban J connectivity index is 1.22. The number of pyridine rings is 2. The van der Waals surface area contributed by atoms with E-state index in [1.54, 1.807) is 16.8 Å². The minimum atomic E-state index is -4.88. The van der Waals surface area contributed by atoms with Crippen molar-refractivity contribution in [3.05, 3.63) is 29.2 Å². The van der Waals surface area contributed by atoms with Gasteiger partial charge in [0.25, 0.3) is 5.91 Å². The molecule has 4 fully saturated rings. The summed E-state index contributed by atoms with van der Waals surface area (Å²) in [6.07, 6.45) is -2.29. The molecule has 12 nitrogen and oxygen atoms in total. The Morgan fingerprint density at radius 2 is 1.94 bits per heavy atom. The Hall–Kier alpha value is -4.40. The Kier molecular flexibility index (Phi) is 9.83. The zero-order valence-electron chi connectivity index (χ0n) is 29.0.